The van der Waals surface area contributed by atoms with Gasteiger partial charge in [0.15, 0.2) is 0 Å². The lowest BCUT2D eigenvalue weighted by Gasteiger charge is -2.17. The number of nitrogens with one attached hydrogen (secondary N) is 3. The molecule has 0 fully saturated rings. The van der Waals surface area contributed by atoms with E-state index < -0.39 is 36.5 Å². The van der Waals surface area contributed by atoms with Gasteiger partial charge in [-0.1, -0.05) is 42.5 Å². The maximum Gasteiger partial charge on any atom is 0.407 e. The summed E-state index contributed by atoms with van der Waals surface area (Å²) in [6.07, 6.45) is -0.630. The highest BCUT2D eigenvalue weighted by Crippen LogP contribution is 2.11. The largest absolute Gasteiger partial charge is 0.508 e. The van der Waals surface area contributed by atoms with Crippen molar-refractivity contribution in [1.29, 1.82) is 0 Å². The highest BCUT2D eigenvalue weighted by molar-refractivity contribution is 5.89. The highest BCUT2D eigenvalue weighted by Gasteiger charge is 2.22. The average Bonchev–Trinajstić information content (AvgIpc) is 2.81. The Morgan fingerprint density at radius 3 is 2.19 bits per heavy atom. The van der Waals surface area contributed by atoms with Gasteiger partial charge >= 0.3 is 12.1 Å². The molecule has 0 aliphatic rings. The lowest BCUT2D eigenvalue weighted by molar-refractivity contribution is -0.145. The molecule has 2 aromatic carbocycles. The molecule has 0 aliphatic carbocycles. The average molecular weight is 443 g/mol. The van der Waals surface area contributed by atoms with Crippen molar-refractivity contribution in [2.45, 2.75) is 19.1 Å². The first kappa shape index (κ1) is 24.2. The van der Waals surface area contributed by atoms with E-state index >= 15 is 0 Å². The van der Waals surface area contributed by atoms with Gasteiger partial charge < -0.3 is 30.5 Å². The number of methoxy groups -OCH3 is 1. The number of phenolic OH excluding ortho intramolecular Hbond substituents is 1. The zero-order valence-electron chi connectivity index (χ0n) is 17.5. The van der Waals surface area contributed by atoms with Crippen molar-refractivity contribution in [3.8, 4) is 5.75 Å². The second-order valence-electron chi connectivity index (χ2n) is 6.71. The fourth-order valence-electron chi connectivity index (χ4n) is 2.62. The molecule has 0 heterocycles. The number of aromatic hydroxyl groups is 1. The molecule has 4 N–H and O–H groups in total. The van der Waals surface area contributed by atoms with Crippen LogP contribution in [0.5, 0.6) is 5.75 Å². The van der Waals surface area contributed by atoms with Gasteiger partial charge in [0.05, 0.1) is 13.7 Å². The molecule has 170 valence electrons. The van der Waals surface area contributed by atoms with Gasteiger partial charge in [0, 0.05) is 6.42 Å². The molecule has 0 saturated carbocycles. The molecular weight excluding hydrogens is 418 g/mol. The fourth-order valence-corrected chi connectivity index (χ4v) is 2.62. The van der Waals surface area contributed by atoms with Gasteiger partial charge in [-0.15, -0.1) is 0 Å². The normalized spacial score (nSPS) is 11.0. The summed E-state index contributed by atoms with van der Waals surface area (Å²) >= 11 is 0. The minimum absolute atomic E-state index is 0.0621. The Morgan fingerprint density at radius 2 is 1.53 bits per heavy atom. The van der Waals surface area contributed by atoms with Crippen molar-refractivity contribution in [3.05, 3.63) is 65.7 Å². The van der Waals surface area contributed by atoms with Crippen molar-refractivity contribution in [2.24, 2.45) is 0 Å². The molecule has 3 amide bonds. The molecule has 10 heteroatoms. The maximum atomic E-state index is 12.1. The first-order valence-corrected chi connectivity index (χ1v) is 9.73. The van der Waals surface area contributed by atoms with E-state index in [9.17, 15) is 24.3 Å². The lowest BCUT2D eigenvalue weighted by Crippen LogP contribution is -2.48. The lowest BCUT2D eigenvalue weighted by atomic mass is 10.1. The second-order valence-corrected chi connectivity index (χ2v) is 6.71. The zero-order chi connectivity index (χ0) is 23.3. The van der Waals surface area contributed by atoms with Gasteiger partial charge in [-0.2, -0.15) is 0 Å². The fraction of sp³-hybridized carbons (Fsp3) is 0.273. The minimum atomic E-state index is -0.972. The summed E-state index contributed by atoms with van der Waals surface area (Å²) < 4.78 is 9.69. The zero-order valence-corrected chi connectivity index (χ0v) is 17.5. The van der Waals surface area contributed by atoms with E-state index in [0.29, 0.717) is 5.56 Å². The monoisotopic (exact) mass is 443 g/mol. The summed E-state index contributed by atoms with van der Waals surface area (Å²) in [6, 6.07) is 14.2. The minimum Gasteiger partial charge on any atom is -0.508 e. The first-order valence-electron chi connectivity index (χ1n) is 9.73. The number of ether oxygens (including phenoxy) is 2. The molecule has 2 rings (SSSR count). The molecule has 0 bridgehead atoms. The van der Waals surface area contributed by atoms with Gasteiger partial charge in [0.25, 0.3) is 0 Å². The van der Waals surface area contributed by atoms with E-state index in [1.165, 1.54) is 19.2 Å². The van der Waals surface area contributed by atoms with E-state index in [4.69, 9.17) is 9.47 Å². The predicted octanol–water partition coefficient (Wildman–Crippen LogP) is 0.635. The quantitative estimate of drug-likeness (QED) is 0.395. The summed E-state index contributed by atoms with van der Waals surface area (Å²) in [5.74, 6) is -1.79. The van der Waals surface area contributed by atoms with Crippen LogP contribution >= 0.6 is 0 Å². The summed E-state index contributed by atoms with van der Waals surface area (Å²) in [5, 5.41) is 16.4. The van der Waals surface area contributed by atoms with Crippen LogP contribution in [0.1, 0.15) is 11.1 Å². The number of hydrogen-bond acceptors (Lipinski definition) is 7. The Hall–Kier alpha value is -4.08. The number of phenols is 1. The number of amides is 3. The first-order chi connectivity index (χ1) is 15.4. The van der Waals surface area contributed by atoms with Gasteiger partial charge in [-0.3, -0.25) is 9.59 Å². The van der Waals surface area contributed by atoms with Crippen molar-refractivity contribution >= 4 is 23.9 Å². The number of rotatable bonds is 10. The number of esters is 1. The molecule has 0 saturated heterocycles. The van der Waals surface area contributed by atoms with Crippen LogP contribution in [0.15, 0.2) is 54.6 Å². The van der Waals surface area contributed by atoms with Crippen LogP contribution in [0.3, 0.4) is 0 Å². The van der Waals surface area contributed by atoms with Crippen LogP contribution in [0.2, 0.25) is 0 Å². The summed E-state index contributed by atoms with van der Waals surface area (Å²) in [4.78, 5) is 47.6. The van der Waals surface area contributed by atoms with E-state index in [-0.39, 0.29) is 25.3 Å². The standard InChI is InChI=1S/C22H25N3O7/c1-31-21(29)18(11-15-7-9-17(26)10-8-15)25-20(28)13-23-19(27)12-24-22(30)32-14-16-5-3-2-4-6-16/h2-10,18,26H,11-14H2,1H3,(H,23,27)(H,24,30)(H,25,28)/t18-/m0/s1. The molecule has 10 nitrogen and oxygen atoms in total. The molecular formula is C22H25N3O7. The van der Waals surface area contributed by atoms with Crippen LogP contribution in [0, 0.1) is 0 Å². The van der Waals surface area contributed by atoms with Crippen molar-refractivity contribution in [3.63, 3.8) is 0 Å². The third-order valence-electron chi connectivity index (χ3n) is 4.25. The maximum absolute atomic E-state index is 12.1. The molecule has 0 unspecified atom stereocenters. The van der Waals surface area contributed by atoms with E-state index in [1.54, 1.807) is 24.3 Å². The highest BCUT2D eigenvalue weighted by atomic mass is 16.5. The van der Waals surface area contributed by atoms with Crippen LogP contribution < -0.4 is 16.0 Å². The Labute approximate surface area is 184 Å². The SMILES string of the molecule is COC(=O)[C@H](Cc1ccc(O)cc1)NC(=O)CNC(=O)CNC(=O)OCc1ccccc1. The molecule has 0 aliphatic heterocycles. The molecule has 32 heavy (non-hydrogen) atoms. The summed E-state index contributed by atoms with van der Waals surface area (Å²) in [6.45, 7) is -0.718. The molecule has 0 radical (unpaired) electrons. The van der Waals surface area contributed by atoms with E-state index in [2.05, 4.69) is 16.0 Å². The van der Waals surface area contributed by atoms with Crippen molar-refractivity contribution < 1.29 is 33.8 Å². The van der Waals surface area contributed by atoms with Crippen LogP contribution in [-0.4, -0.2) is 55.2 Å². The summed E-state index contributed by atoms with van der Waals surface area (Å²) in [7, 11) is 1.20. The van der Waals surface area contributed by atoms with Crippen molar-refractivity contribution in [1.82, 2.24) is 16.0 Å². The van der Waals surface area contributed by atoms with E-state index in [0.717, 1.165) is 5.56 Å². The van der Waals surface area contributed by atoms with Gasteiger partial charge in [-0.25, -0.2) is 9.59 Å². The van der Waals surface area contributed by atoms with Gasteiger partial charge in [0.2, 0.25) is 11.8 Å². The number of benzene rings is 2. The molecule has 0 aromatic heterocycles. The molecule has 0 spiro atoms. The van der Waals surface area contributed by atoms with Crippen molar-refractivity contribution in [2.75, 3.05) is 20.2 Å². The summed E-state index contributed by atoms with van der Waals surface area (Å²) in [5.41, 5.74) is 1.50. The second kappa shape index (κ2) is 12.6. The Bertz CT molecular complexity index is 917. The predicted molar refractivity (Wildman–Crippen MR) is 113 cm³/mol. The third kappa shape index (κ3) is 8.74. The number of carbonyl (C=O) groups excluding carboxylic acids is 4. The van der Waals surface area contributed by atoms with E-state index in [1.807, 2.05) is 18.2 Å². The Balaban J connectivity index is 1.72. The Kier molecular flexibility index (Phi) is 9.51. The van der Waals surface area contributed by atoms with Gasteiger partial charge in [-0.05, 0) is 23.3 Å². The number of carbonyl (C=O) groups is 4. The third-order valence-corrected chi connectivity index (χ3v) is 4.25. The topological polar surface area (TPSA) is 143 Å². The van der Waals surface area contributed by atoms with Crippen LogP contribution in [0.4, 0.5) is 4.79 Å². The van der Waals surface area contributed by atoms with Crippen LogP contribution in [0.25, 0.3) is 0 Å². The van der Waals surface area contributed by atoms with Gasteiger partial charge in [0.1, 0.15) is 24.9 Å². The molecule has 2 aromatic rings. The van der Waals surface area contributed by atoms with Crippen LogP contribution in [-0.2, 0) is 36.9 Å². The smallest absolute Gasteiger partial charge is 0.407 e. The molecule has 1 atom stereocenters. The number of alkyl carbamates (subject to hydrolysis) is 1. The number of hydrogen-bond donors (Lipinski definition) is 4. The Morgan fingerprint density at radius 1 is 0.875 bits per heavy atom.